The van der Waals surface area contributed by atoms with E-state index in [4.69, 9.17) is 10.7 Å². The first kappa shape index (κ1) is 18.5. The highest BCUT2D eigenvalue weighted by Crippen LogP contribution is 2.28. The molecule has 0 radical (unpaired) electrons. The number of halogens is 2. The van der Waals surface area contributed by atoms with Crippen LogP contribution in [0.5, 0.6) is 0 Å². The van der Waals surface area contributed by atoms with Crippen LogP contribution in [-0.2, 0) is 9.05 Å². The van der Waals surface area contributed by atoms with Crippen LogP contribution in [-0.4, -0.2) is 19.9 Å². The highest BCUT2D eigenvalue weighted by atomic mass is 79.9. The van der Waals surface area contributed by atoms with Crippen LogP contribution in [0.1, 0.15) is 49.5 Å². The molecular weight excluding hydrogens is 378 g/mol. The topological polar surface area (TPSA) is 63.2 Å². The second kappa shape index (κ2) is 6.67. The molecule has 0 saturated carbocycles. The molecule has 7 heteroatoms. The van der Waals surface area contributed by atoms with E-state index in [1.165, 1.54) is 6.07 Å². The predicted molar refractivity (Wildman–Crippen MR) is 88.4 cm³/mol. The summed E-state index contributed by atoms with van der Waals surface area (Å²) in [6.07, 6.45) is 1.56. The molecule has 0 fully saturated rings. The lowest BCUT2D eigenvalue weighted by Crippen LogP contribution is -2.45. The molecule has 0 bridgehead atoms. The van der Waals surface area contributed by atoms with Gasteiger partial charge in [0.2, 0.25) is 0 Å². The average molecular weight is 397 g/mol. The predicted octanol–water partition coefficient (Wildman–Crippen LogP) is 3.99. The molecule has 0 aromatic heterocycles. The molecule has 1 aromatic rings. The Morgan fingerprint density at radius 3 is 2.29 bits per heavy atom. The van der Waals surface area contributed by atoms with Crippen LogP contribution in [0.4, 0.5) is 0 Å². The van der Waals surface area contributed by atoms with E-state index in [-0.39, 0.29) is 16.3 Å². The van der Waals surface area contributed by atoms with Gasteiger partial charge in [-0.15, -0.1) is 0 Å². The van der Waals surface area contributed by atoms with E-state index in [1.807, 2.05) is 20.8 Å². The molecule has 0 saturated heterocycles. The SMILES string of the molecule is CCC(C)(CC)NC(=O)c1cc(Br)cc(S(=O)(=O)Cl)c1C. The Labute approximate surface area is 138 Å². The fraction of sp³-hybridized carbons (Fsp3) is 0.500. The summed E-state index contributed by atoms with van der Waals surface area (Å²) >= 11 is 3.22. The van der Waals surface area contributed by atoms with E-state index in [9.17, 15) is 13.2 Å². The summed E-state index contributed by atoms with van der Waals surface area (Å²) in [4.78, 5) is 12.4. The van der Waals surface area contributed by atoms with Gasteiger partial charge in [0.05, 0.1) is 4.90 Å². The minimum Gasteiger partial charge on any atom is -0.347 e. The van der Waals surface area contributed by atoms with Crippen molar-refractivity contribution in [3.05, 3.63) is 27.7 Å². The highest BCUT2D eigenvalue weighted by molar-refractivity contribution is 9.10. The first-order chi connectivity index (χ1) is 9.54. The molecular formula is C14H19BrClNO3S. The fourth-order valence-corrected chi connectivity index (χ4v) is 3.74. The van der Waals surface area contributed by atoms with E-state index < -0.39 is 9.05 Å². The number of rotatable bonds is 5. The van der Waals surface area contributed by atoms with Crippen molar-refractivity contribution in [1.82, 2.24) is 5.32 Å². The normalized spacial score (nSPS) is 12.3. The third kappa shape index (κ3) is 4.44. The minimum absolute atomic E-state index is 0.0570. The molecule has 0 unspecified atom stereocenters. The number of nitrogens with one attached hydrogen (secondary N) is 1. The van der Waals surface area contributed by atoms with Crippen molar-refractivity contribution in [1.29, 1.82) is 0 Å². The van der Waals surface area contributed by atoms with Crippen LogP contribution in [0.25, 0.3) is 0 Å². The van der Waals surface area contributed by atoms with Crippen molar-refractivity contribution in [2.24, 2.45) is 0 Å². The zero-order valence-corrected chi connectivity index (χ0v) is 15.6. The zero-order valence-electron chi connectivity index (χ0n) is 12.5. The summed E-state index contributed by atoms with van der Waals surface area (Å²) in [5, 5.41) is 2.96. The summed E-state index contributed by atoms with van der Waals surface area (Å²) in [5.74, 6) is -0.304. The van der Waals surface area contributed by atoms with Crippen molar-refractivity contribution in [3.8, 4) is 0 Å². The molecule has 1 N–H and O–H groups in total. The summed E-state index contributed by atoms with van der Waals surface area (Å²) < 4.78 is 23.7. The molecule has 0 aliphatic heterocycles. The molecule has 118 valence electrons. The van der Waals surface area contributed by atoms with Gasteiger partial charge in [-0.05, 0) is 44.4 Å². The summed E-state index contributed by atoms with van der Waals surface area (Å²) in [6, 6.07) is 3.00. The maximum absolute atomic E-state index is 12.5. The number of carbonyl (C=O) groups is 1. The monoisotopic (exact) mass is 395 g/mol. The van der Waals surface area contributed by atoms with E-state index in [2.05, 4.69) is 21.2 Å². The maximum Gasteiger partial charge on any atom is 0.261 e. The third-order valence-corrected chi connectivity index (χ3v) is 5.71. The van der Waals surface area contributed by atoms with Crippen molar-refractivity contribution in [2.45, 2.75) is 51.0 Å². The average Bonchev–Trinajstić information content (AvgIpc) is 2.39. The van der Waals surface area contributed by atoms with Gasteiger partial charge in [0.15, 0.2) is 0 Å². The molecule has 0 heterocycles. The number of benzene rings is 1. The van der Waals surface area contributed by atoms with E-state index in [0.717, 1.165) is 12.8 Å². The standard InChI is InChI=1S/C14H19BrClNO3S/c1-5-14(4,6-2)17-13(18)11-7-10(15)8-12(9(11)3)21(16,19)20/h7-8H,5-6H2,1-4H3,(H,17,18). The fourth-order valence-electron chi connectivity index (χ4n) is 1.91. The molecule has 1 amide bonds. The number of amides is 1. The quantitative estimate of drug-likeness (QED) is 0.765. The van der Waals surface area contributed by atoms with Gasteiger partial charge >= 0.3 is 0 Å². The Bertz CT molecular complexity index is 654. The Morgan fingerprint density at radius 2 is 1.86 bits per heavy atom. The lowest BCUT2D eigenvalue weighted by Gasteiger charge is -2.28. The van der Waals surface area contributed by atoms with Gasteiger partial charge < -0.3 is 5.32 Å². The van der Waals surface area contributed by atoms with Crippen LogP contribution >= 0.6 is 26.6 Å². The molecule has 1 rings (SSSR count). The van der Waals surface area contributed by atoms with Crippen LogP contribution in [0.3, 0.4) is 0 Å². The molecule has 0 spiro atoms. The second-order valence-corrected chi connectivity index (χ2v) is 8.69. The van der Waals surface area contributed by atoms with Crippen LogP contribution < -0.4 is 5.32 Å². The van der Waals surface area contributed by atoms with Crippen molar-refractivity contribution in [3.63, 3.8) is 0 Å². The van der Waals surface area contributed by atoms with Gasteiger partial charge in [0, 0.05) is 26.3 Å². The Morgan fingerprint density at radius 1 is 1.33 bits per heavy atom. The second-order valence-electron chi connectivity index (χ2n) is 5.24. The van der Waals surface area contributed by atoms with Gasteiger partial charge in [0.1, 0.15) is 0 Å². The zero-order chi connectivity index (χ0) is 16.4. The number of hydrogen-bond donors (Lipinski definition) is 1. The van der Waals surface area contributed by atoms with Crippen LogP contribution in [0, 0.1) is 6.92 Å². The Hall–Kier alpha value is -0.590. The smallest absolute Gasteiger partial charge is 0.261 e. The van der Waals surface area contributed by atoms with Gasteiger partial charge in [-0.1, -0.05) is 29.8 Å². The van der Waals surface area contributed by atoms with E-state index in [0.29, 0.717) is 15.6 Å². The van der Waals surface area contributed by atoms with Gasteiger partial charge in [-0.3, -0.25) is 4.79 Å². The minimum atomic E-state index is -3.90. The van der Waals surface area contributed by atoms with Crippen LogP contribution in [0.15, 0.2) is 21.5 Å². The molecule has 21 heavy (non-hydrogen) atoms. The molecule has 0 aliphatic carbocycles. The highest BCUT2D eigenvalue weighted by Gasteiger charge is 2.26. The number of hydrogen-bond acceptors (Lipinski definition) is 3. The largest absolute Gasteiger partial charge is 0.347 e. The van der Waals surface area contributed by atoms with Gasteiger partial charge in [0.25, 0.3) is 15.0 Å². The Kier molecular flexibility index (Phi) is 5.86. The summed E-state index contributed by atoms with van der Waals surface area (Å²) in [5.41, 5.74) is 0.322. The lowest BCUT2D eigenvalue weighted by molar-refractivity contribution is 0.0900. The van der Waals surface area contributed by atoms with Gasteiger partial charge in [-0.2, -0.15) is 0 Å². The van der Waals surface area contributed by atoms with E-state index in [1.54, 1.807) is 13.0 Å². The first-order valence-corrected chi connectivity index (χ1v) is 9.71. The van der Waals surface area contributed by atoms with E-state index >= 15 is 0 Å². The molecule has 4 nitrogen and oxygen atoms in total. The lowest BCUT2D eigenvalue weighted by atomic mass is 9.94. The first-order valence-electron chi connectivity index (χ1n) is 6.61. The number of carbonyl (C=O) groups excluding carboxylic acids is 1. The molecule has 1 aromatic carbocycles. The van der Waals surface area contributed by atoms with Crippen molar-refractivity contribution < 1.29 is 13.2 Å². The summed E-state index contributed by atoms with van der Waals surface area (Å²) in [6.45, 7) is 7.52. The van der Waals surface area contributed by atoms with Crippen molar-refractivity contribution >= 4 is 41.6 Å². The van der Waals surface area contributed by atoms with Gasteiger partial charge in [-0.25, -0.2) is 8.42 Å². The summed E-state index contributed by atoms with van der Waals surface area (Å²) in [7, 11) is 1.52. The molecule has 0 atom stereocenters. The maximum atomic E-state index is 12.5. The molecule has 0 aliphatic rings. The van der Waals surface area contributed by atoms with Crippen molar-refractivity contribution in [2.75, 3.05) is 0 Å². The Balaban J connectivity index is 3.32. The third-order valence-electron chi connectivity index (χ3n) is 3.81. The van der Waals surface area contributed by atoms with Crippen LogP contribution in [0.2, 0.25) is 0 Å².